The summed E-state index contributed by atoms with van der Waals surface area (Å²) in [5.41, 5.74) is 0. The third-order valence-corrected chi connectivity index (χ3v) is 1.15. The standard InChI is InChI=1S/C6H8O5.2Li/c7-5-9-3-1-2-4-10-6(8)11-5;;/h1-4H2;;. The second kappa shape index (κ2) is 8.53. The van der Waals surface area contributed by atoms with E-state index in [1.165, 1.54) is 0 Å². The Morgan fingerprint density at radius 2 is 1.23 bits per heavy atom. The number of hydrogen-bond donors (Lipinski definition) is 0. The molecule has 64 valence electrons. The van der Waals surface area contributed by atoms with E-state index in [0.29, 0.717) is 12.8 Å². The van der Waals surface area contributed by atoms with Crippen LogP contribution in [0.3, 0.4) is 0 Å². The first-order valence-electron chi connectivity index (χ1n) is 3.30. The molecule has 0 unspecified atom stereocenters. The van der Waals surface area contributed by atoms with Crippen molar-refractivity contribution in [2.45, 2.75) is 12.8 Å². The molecule has 1 aliphatic heterocycles. The van der Waals surface area contributed by atoms with Crippen LogP contribution in [0.5, 0.6) is 0 Å². The average Bonchev–Trinajstić information content (AvgIpc) is 2.02. The number of hydrogen-bond acceptors (Lipinski definition) is 5. The fourth-order valence-corrected chi connectivity index (χ4v) is 0.642. The molecule has 0 aromatic heterocycles. The first-order valence-corrected chi connectivity index (χ1v) is 3.30. The monoisotopic (exact) mass is 174 g/mol. The fourth-order valence-electron chi connectivity index (χ4n) is 0.642. The molecular formula is C6H8Li2O5. The Kier molecular flexibility index (Phi) is 10.1. The third-order valence-electron chi connectivity index (χ3n) is 1.15. The number of carbonyl (C=O) groups is 2. The molecule has 1 fully saturated rings. The van der Waals surface area contributed by atoms with Crippen LogP contribution in [-0.4, -0.2) is 63.2 Å². The molecular weight excluding hydrogens is 166 g/mol. The molecule has 1 rings (SSSR count). The molecule has 0 spiro atoms. The van der Waals surface area contributed by atoms with Gasteiger partial charge in [0, 0.05) is 37.7 Å². The van der Waals surface area contributed by atoms with Gasteiger partial charge < -0.3 is 14.2 Å². The van der Waals surface area contributed by atoms with Crippen molar-refractivity contribution in [1.29, 1.82) is 0 Å². The van der Waals surface area contributed by atoms with Crippen LogP contribution in [-0.2, 0) is 14.2 Å². The van der Waals surface area contributed by atoms with Crippen molar-refractivity contribution < 1.29 is 23.8 Å². The van der Waals surface area contributed by atoms with Gasteiger partial charge in [-0.3, -0.25) is 0 Å². The predicted molar refractivity (Wildman–Crippen MR) is 44.5 cm³/mol. The molecule has 0 aromatic rings. The molecule has 0 amide bonds. The summed E-state index contributed by atoms with van der Waals surface area (Å²) in [6.07, 6.45) is -0.612. The molecule has 2 radical (unpaired) electrons. The number of ether oxygens (including phenoxy) is 3. The molecule has 0 aliphatic carbocycles. The van der Waals surface area contributed by atoms with Crippen molar-refractivity contribution >= 4 is 50.0 Å². The Labute approximate surface area is 99.8 Å². The minimum absolute atomic E-state index is 0. The Morgan fingerprint density at radius 3 is 1.62 bits per heavy atom. The molecule has 5 nitrogen and oxygen atoms in total. The second-order valence-electron chi connectivity index (χ2n) is 2.01. The van der Waals surface area contributed by atoms with Gasteiger partial charge in [0.05, 0.1) is 13.2 Å². The summed E-state index contributed by atoms with van der Waals surface area (Å²) in [7, 11) is 0. The van der Waals surface area contributed by atoms with Gasteiger partial charge in [0.15, 0.2) is 0 Å². The van der Waals surface area contributed by atoms with E-state index in [0.717, 1.165) is 0 Å². The van der Waals surface area contributed by atoms with Gasteiger partial charge in [0.2, 0.25) is 0 Å². The summed E-state index contributed by atoms with van der Waals surface area (Å²) in [5.74, 6) is 0. The van der Waals surface area contributed by atoms with Gasteiger partial charge in [0.1, 0.15) is 0 Å². The smallest absolute Gasteiger partial charge is 0.434 e. The van der Waals surface area contributed by atoms with Crippen molar-refractivity contribution in [1.82, 2.24) is 0 Å². The Hall–Kier alpha value is -0.0652. The summed E-state index contributed by atoms with van der Waals surface area (Å²) >= 11 is 0. The fraction of sp³-hybridized carbons (Fsp3) is 0.667. The zero-order valence-corrected chi connectivity index (χ0v) is 7.87. The molecule has 0 bridgehead atoms. The van der Waals surface area contributed by atoms with Crippen LogP contribution in [0.4, 0.5) is 9.59 Å². The van der Waals surface area contributed by atoms with Gasteiger partial charge in [-0.25, -0.2) is 9.59 Å². The van der Waals surface area contributed by atoms with E-state index in [2.05, 4.69) is 14.2 Å². The number of carbonyl (C=O) groups excluding carboxylic acids is 2. The van der Waals surface area contributed by atoms with E-state index in [1.54, 1.807) is 0 Å². The Bertz CT molecular complexity index is 154. The molecule has 7 heteroatoms. The minimum Gasteiger partial charge on any atom is -0.434 e. The van der Waals surface area contributed by atoms with Gasteiger partial charge in [-0.05, 0) is 12.8 Å². The van der Waals surface area contributed by atoms with Gasteiger partial charge in [-0.2, -0.15) is 0 Å². The SMILES string of the molecule is O=C1OCCCCOC(=O)O1.[Li].[Li]. The number of rotatable bonds is 0. The number of cyclic esters (lactones) is 4. The van der Waals surface area contributed by atoms with Gasteiger partial charge in [-0.15, -0.1) is 0 Å². The molecule has 0 aromatic carbocycles. The van der Waals surface area contributed by atoms with E-state index in [-0.39, 0.29) is 50.9 Å². The van der Waals surface area contributed by atoms with Gasteiger partial charge in [-0.1, -0.05) is 0 Å². The van der Waals surface area contributed by atoms with Crippen LogP contribution in [0, 0.1) is 0 Å². The molecule has 1 heterocycles. The van der Waals surface area contributed by atoms with E-state index in [4.69, 9.17) is 0 Å². The van der Waals surface area contributed by atoms with Crippen LogP contribution in [0.25, 0.3) is 0 Å². The van der Waals surface area contributed by atoms with E-state index in [9.17, 15) is 9.59 Å². The maximum absolute atomic E-state index is 10.5. The maximum atomic E-state index is 10.5. The second-order valence-corrected chi connectivity index (χ2v) is 2.01. The van der Waals surface area contributed by atoms with Crippen molar-refractivity contribution in [3.05, 3.63) is 0 Å². The van der Waals surface area contributed by atoms with Crippen LogP contribution in [0.1, 0.15) is 12.8 Å². The molecule has 0 N–H and O–H groups in total. The van der Waals surface area contributed by atoms with Crippen LogP contribution >= 0.6 is 0 Å². The predicted octanol–water partition coefficient (Wildman–Crippen LogP) is 0.308. The Morgan fingerprint density at radius 1 is 0.846 bits per heavy atom. The van der Waals surface area contributed by atoms with Crippen LogP contribution in [0.2, 0.25) is 0 Å². The third kappa shape index (κ3) is 7.04. The maximum Gasteiger partial charge on any atom is 0.518 e. The van der Waals surface area contributed by atoms with Crippen LogP contribution < -0.4 is 0 Å². The largest absolute Gasteiger partial charge is 0.518 e. The first kappa shape index (κ1) is 15.4. The van der Waals surface area contributed by atoms with Crippen molar-refractivity contribution in [3.8, 4) is 0 Å². The van der Waals surface area contributed by atoms with Crippen molar-refractivity contribution in [2.75, 3.05) is 13.2 Å². The molecule has 13 heavy (non-hydrogen) atoms. The molecule has 1 saturated heterocycles. The Balaban J connectivity index is 0. The first-order chi connectivity index (χ1) is 5.29. The van der Waals surface area contributed by atoms with E-state index < -0.39 is 12.3 Å². The van der Waals surface area contributed by atoms with E-state index in [1.807, 2.05) is 0 Å². The summed E-state index contributed by atoms with van der Waals surface area (Å²) in [6, 6.07) is 0. The van der Waals surface area contributed by atoms with Crippen LogP contribution in [0.15, 0.2) is 0 Å². The van der Waals surface area contributed by atoms with Crippen molar-refractivity contribution in [2.24, 2.45) is 0 Å². The topological polar surface area (TPSA) is 61.8 Å². The quantitative estimate of drug-likeness (QED) is 0.300. The normalized spacial score (nSPS) is 16.9. The zero-order valence-electron chi connectivity index (χ0n) is 7.87. The van der Waals surface area contributed by atoms with E-state index >= 15 is 0 Å². The van der Waals surface area contributed by atoms with Crippen molar-refractivity contribution in [3.63, 3.8) is 0 Å². The average molecular weight is 174 g/mol. The van der Waals surface area contributed by atoms with Gasteiger partial charge in [0.25, 0.3) is 0 Å². The summed E-state index contributed by atoms with van der Waals surface area (Å²) in [5, 5.41) is 0. The summed E-state index contributed by atoms with van der Waals surface area (Å²) in [4.78, 5) is 20.9. The summed E-state index contributed by atoms with van der Waals surface area (Å²) < 4.78 is 13.0. The molecule has 1 aliphatic rings. The molecule has 0 atom stereocenters. The molecule has 0 saturated carbocycles. The minimum atomic E-state index is -0.989. The summed E-state index contributed by atoms with van der Waals surface area (Å²) in [6.45, 7) is 0.547. The zero-order chi connectivity index (χ0) is 8.10. The van der Waals surface area contributed by atoms with Gasteiger partial charge >= 0.3 is 12.3 Å².